The molecule has 0 bridgehead atoms. The fourth-order valence-corrected chi connectivity index (χ4v) is 3.10. The van der Waals surface area contributed by atoms with Gasteiger partial charge in [0.1, 0.15) is 5.75 Å². The van der Waals surface area contributed by atoms with Gasteiger partial charge in [-0.15, -0.1) is 0 Å². The molecule has 1 aliphatic heterocycles. The number of hydrogen-bond donors (Lipinski definition) is 2. The third-order valence-electron chi connectivity index (χ3n) is 4.40. The maximum atomic E-state index is 11.9. The number of rotatable bonds is 8. The van der Waals surface area contributed by atoms with Gasteiger partial charge in [-0.2, -0.15) is 0 Å². The summed E-state index contributed by atoms with van der Waals surface area (Å²) in [5, 5.41) is 6.35. The zero-order valence-corrected chi connectivity index (χ0v) is 15.2. The number of ether oxygens (including phenoxy) is 1. The van der Waals surface area contributed by atoms with Crippen molar-refractivity contribution in [2.75, 3.05) is 38.1 Å². The van der Waals surface area contributed by atoms with Crippen molar-refractivity contribution in [1.29, 1.82) is 0 Å². The van der Waals surface area contributed by atoms with Crippen LogP contribution in [0.1, 0.15) is 39.2 Å². The minimum atomic E-state index is 0.0420. The number of nitrogens with one attached hydrogen (secondary N) is 2. The Morgan fingerprint density at radius 3 is 2.75 bits per heavy atom. The summed E-state index contributed by atoms with van der Waals surface area (Å²) in [5.41, 5.74) is 2.02. The summed E-state index contributed by atoms with van der Waals surface area (Å²) in [7, 11) is 0. The Labute approximate surface area is 145 Å². The highest BCUT2D eigenvalue weighted by molar-refractivity contribution is 5.92. The van der Waals surface area contributed by atoms with Gasteiger partial charge in [0, 0.05) is 38.6 Å². The van der Waals surface area contributed by atoms with Gasteiger partial charge in [-0.1, -0.05) is 13.0 Å². The first-order valence-electron chi connectivity index (χ1n) is 9.14. The highest BCUT2D eigenvalue weighted by atomic mass is 16.5. The molecule has 0 radical (unpaired) electrons. The molecule has 1 fully saturated rings. The highest BCUT2D eigenvalue weighted by Crippen LogP contribution is 2.27. The molecule has 1 aliphatic rings. The Kier molecular flexibility index (Phi) is 7.53. The van der Waals surface area contributed by atoms with Crippen LogP contribution in [0.5, 0.6) is 5.75 Å². The van der Waals surface area contributed by atoms with E-state index in [1.165, 1.54) is 5.56 Å². The van der Waals surface area contributed by atoms with E-state index in [1.807, 2.05) is 19.9 Å². The van der Waals surface area contributed by atoms with Crippen LogP contribution in [-0.4, -0.2) is 49.6 Å². The van der Waals surface area contributed by atoms with Crippen molar-refractivity contribution in [2.24, 2.45) is 0 Å². The van der Waals surface area contributed by atoms with E-state index in [0.717, 1.165) is 50.5 Å². The molecular formula is C19H31N3O2. The fraction of sp³-hybridized carbons (Fsp3) is 0.632. The Balaban J connectivity index is 2.04. The highest BCUT2D eigenvalue weighted by Gasteiger charge is 2.17. The summed E-state index contributed by atoms with van der Waals surface area (Å²) < 4.78 is 5.75. The average Bonchev–Trinajstić information content (AvgIpc) is 2.58. The van der Waals surface area contributed by atoms with Crippen molar-refractivity contribution in [2.45, 2.75) is 46.1 Å². The molecule has 0 aliphatic carbocycles. The van der Waals surface area contributed by atoms with E-state index in [4.69, 9.17) is 4.74 Å². The lowest BCUT2D eigenvalue weighted by Gasteiger charge is -2.33. The molecular weight excluding hydrogens is 302 g/mol. The summed E-state index contributed by atoms with van der Waals surface area (Å²) in [5.74, 6) is 0.812. The van der Waals surface area contributed by atoms with Crippen LogP contribution in [0.15, 0.2) is 18.2 Å². The van der Waals surface area contributed by atoms with Gasteiger partial charge in [0.25, 0.3) is 0 Å². The average molecular weight is 333 g/mol. The molecule has 0 saturated carbocycles. The molecule has 0 aromatic heterocycles. The quantitative estimate of drug-likeness (QED) is 0.768. The third kappa shape index (κ3) is 5.49. The first kappa shape index (κ1) is 18.7. The molecule has 1 aromatic rings. The van der Waals surface area contributed by atoms with Crippen molar-refractivity contribution in [3.8, 4) is 5.75 Å². The van der Waals surface area contributed by atoms with Crippen molar-refractivity contribution in [1.82, 2.24) is 10.2 Å². The number of amides is 1. The summed E-state index contributed by atoms with van der Waals surface area (Å²) in [6.45, 7) is 11.2. The molecule has 24 heavy (non-hydrogen) atoms. The first-order valence-corrected chi connectivity index (χ1v) is 9.14. The number of carbonyl (C=O) groups is 1. The fourth-order valence-electron chi connectivity index (χ4n) is 3.10. The van der Waals surface area contributed by atoms with E-state index >= 15 is 0 Å². The van der Waals surface area contributed by atoms with Gasteiger partial charge in [-0.05, 0) is 44.4 Å². The smallest absolute Gasteiger partial charge is 0.224 e. The molecule has 1 amide bonds. The Morgan fingerprint density at radius 1 is 1.33 bits per heavy atom. The van der Waals surface area contributed by atoms with Gasteiger partial charge in [-0.25, -0.2) is 0 Å². The predicted molar refractivity (Wildman–Crippen MR) is 98.8 cm³/mol. The summed E-state index contributed by atoms with van der Waals surface area (Å²) in [4.78, 5) is 14.4. The first-order chi connectivity index (χ1) is 11.6. The van der Waals surface area contributed by atoms with Crippen LogP contribution in [0.4, 0.5) is 5.69 Å². The molecule has 0 spiro atoms. The number of nitrogens with zero attached hydrogens (tertiary/aromatic N) is 1. The van der Waals surface area contributed by atoms with E-state index < -0.39 is 0 Å². The Morgan fingerprint density at radius 2 is 2.08 bits per heavy atom. The Bertz CT molecular complexity index is 527. The zero-order chi connectivity index (χ0) is 17.4. The van der Waals surface area contributed by atoms with Crippen molar-refractivity contribution < 1.29 is 9.53 Å². The molecule has 1 saturated heterocycles. The Hall–Kier alpha value is -1.59. The maximum Gasteiger partial charge on any atom is 0.224 e. The molecule has 2 N–H and O–H groups in total. The van der Waals surface area contributed by atoms with Crippen LogP contribution in [0.3, 0.4) is 0 Å². The van der Waals surface area contributed by atoms with Crippen molar-refractivity contribution >= 4 is 11.6 Å². The minimum Gasteiger partial charge on any atom is -0.492 e. The topological polar surface area (TPSA) is 53.6 Å². The lowest BCUT2D eigenvalue weighted by atomic mass is 10.0. The van der Waals surface area contributed by atoms with E-state index in [9.17, 15) is 4.79 Å². The van der Waals surface area contributed by atoms with Crippen LogP contribution < -0.4 is 15.4 Å². The monoisotopic (exact) mass is 333 g/mol. The number of piperazine rings is 1. The molecule has 5 heteroatoms. The van der Waals surface area contributed by atoms with E-state index in [-0.39, 0.29) is 5.91 Å². The lowest BCUT2D eigenvalue weighted by Crippen LogP contribution is -2.48. The van der Waals surface area contributed by atoms with Crippen LogP contribution in [0, 0.1) is 0 Å². The zero-order valence-electron chi connectivity index (χ0n) is 15.2. The second-order valence-corrected chi connectivity index (χ2v) is 6.40. The molecule has 2 rings (SSSR count). The van der Waals surface area contributed by atoms with E-state index in [2.05, 4.69) is 34.6 Å². The van der Waals surface area contributed by atoms with Gasteiger partial charge in [0.15, 0.2) is 0 Å². The van der Waals surface area contributed by atoms with Crippen LogP contribution >= 0.6 is 0 Å². The van der Waals surface area contributed by atoms with Gasteiger partial charge in [0.05, 0.1) is 12.3 Å². The molecule has 1 unspecified atom stereocenters. The summed E-state index contributed by atoms with van der Waals surface area (Å²) in [6, 6.07) is 6.65. The normalized spacial score (nSPS) is 16.6. The molecule has 5 nitrogen and oxygen atoms in total. The second-order valence-electron chi connectivity index (χ2n) is 6.40. The van der Waals surface area contributed by atoms with Crippen molar-refractivity contribution in [3.63, 3.8) is 0 Å². The van der Waals surface area contributed by atoms with Gasteiger partial charge in [0.2, 0.25) is 5.91 Å². The largest absolute Gasteiger partial charge is 0.492 e. The predicted octanol–water partition coefficient (Wildman–Crippen LogP) is 2.66. The maximum absolute atomic E-state index is 11.9. The summed E-state index contributed by atoms with van der Waals surface area (Å²) in [6.07, 6.45) is 2.37. The molecule has 1 aromatic carbocycles. The second kappa shape index (κ2) is 9.64. The van der Waals surface area contributed by atoms with Gasteiger partial charge < -0.3 is 15.4 Å². The number of hydrogen-bond acceptors (Lipinski definition) is 4. The molecule has 1 atom stereocenters. The molecule has 1 heterocycles. The van der Waals surface area contributed by atoms with Crippen LogP contribution in [0.2, 0.25) is 0 Å². The number of benzene rings is 1. The van der Waals surface area contributed by atoms with Crippen molar-refractivity contribution in [3.05, 3.63) is 23.8 Å². The van der Waals surface area contributed by atoms with Gasteiger partial charge in [-0.3, -0.25) is 9.69 Å². The summed E-state index contributed by atoms with van der Waals surface area (Å²) >= 11 is 0. The standard InChI is InChI=1S/C19H31N3O2/c1-4-6-19(23)21-17-8-7-16(14-18(17)24-5-2)13-15(3)22-11-9-20-10-12-22/h7-8,14-15,20H,4-6,9-13H2,1-3H3,(H,21,23). The van der Waals surface area contributed by atoms with E-state index in [1.54, 1.807) is 0 Å². The molecule has 134 valence electrons. The van der Waals surface area contributed by atoms with Crippen LogP contribution in [-0.2, 0) is 11.2 Å². The third-order valence-corrected chi connectivity index (χ3v) is 4.40. The number of anilines is 1. The van der Waals surface area contributed by atoms with Gasteiger partial charge >= 0.3 is 0 Å². The lowest BCUT2D eigenvalue weighted by molar-refractivity contribution is -0.116. The van der Waals surface area contributed by atoms with Crippen LogP contribution in [0.25, 0.3) is 0 Å². The SMILES string of the molecule is CCCC(=O)Nc1ccc(CC(C)N2CCNCC2)cc1OCC. The minimum absolute atomic E-state index is 0.0420. The van der Waals surface area contributed by atoms with E-state index in [0.29, 0.717) is 19.1 Å². The number of carbonyl (C=O) groups excluding carboxylic acids is 1.